The maximum Gasteiger partial charge on any atom is 0.248 e. The number of ether oxygens (including phenoxy) is 1. The molecule has 9 heteroatoms. The second kappa shape index (κ2) is 7.93. The van der Waals surface area contributed by atoms with Gasteiger partial charge in [0, 0.05) is 38.5 Å². The van der Waals surface area contributed by atoms with Gasteiger partial charge in [0.25, 0.3) is 0 Å². The van der Waals surface area contributed by atoms with Crippen LogP contribution in [0.2, 0.25) is 0 Å². The van der Waals surface area contributed by atoms with E-state index < -0.39 is 15.9 Å². The lowest BCUT2D eigenvalue weighted by atomic mass is 10.2. The van der Waals surface area contributed by atoms with Crippen molar-refractivity contribution in [3.05, 3.63) is 41.2 Å². The van der Waals surface area contributed by atoms with Crippen molar-refractivity contribution in [3.8, 4) is 5.75 Å². The van der Waals surface area contributed by atoms with Gasteiger partial charge in [-0.1, -0.05) is 0 Å². The van der Waals surface area contributed by atoms with Crippen LogP contribution in [-0.4, -0.2) is 49.6 Å². The molecule has 0 unspecified atom stereocenters. The molecule has 0 fully saturated rings. The first-order valence-corrected chi connectivity index (χ1v) is 9.61. The molecule has 1 amide bonds. The van der Waals surface area contributed by atoms with Crippen molar-refractivity contribution in [3.63, 3.8) is 0 Å². The van der Waals surface area contributed by atoms with Crippen LogP contribution >= 0.6 is 0 Å². The Labute approximate surface area is 159 Å². The van der Waals surface area contributed by atoms with Crippen molar-refractivity contribution < 1.29 is 17.9 Å². The molecule has 1 aromatic heterocycles. The summed E-state index contributed by atoms with van der Waals surface area (Å²) < 4.78 is 32.7. The van der Waals surface area contributed by atoms with E-state index in [0.29, 0.717) is 5.75 Å². The van der Waals surface area contributed by atoms with Gasteiger partial charge in [-0.25, -0.2) is 12.7 Å². The molecule has 0 saturated carbocycles. The van der Waals surface area contributed by atoms with Crippen LogP contribution in [0.4, 0.5) is 5.69 Å². The van der Waals surface area contributed by atoms with Crippen molar-refractivity contribution in [2.75, 3.05) is 26.5 Å². The third-order valence-corrected chi connectivity index (χ3v) is 5.98. The minimum Gasteiger partial charge on any atom is -0.495 e. The molecule has 0 bridgehead atoms. The Morgan fingerprint density at radius 3 is 2.48 bits per heavy atom. The fourth-order valence-corrected chi connectivity index (χ4v) is 3.45. The Hall–Kier alpha value is -2.65. The van der Waals surface area contributed by atoms with E-state index in [-0.39, 0.29) is 10.6 Å². The average Bonchev–Trinajstić information content (AvgIpc) is 2.84. The summed E-state index contributed by atoms with van der Waals surface area (Å²) in [5.74, 6) is -0.0430. The third-order valence-electron chi connectivity index (χ3n) is 4.17. The summed E-state index contributed by atoms with van der Waals surface area (Å²) in [7, 11) is 2.54. The fourth-order valence-electron chi connectivity index (χ4n) is 2.52. The van der Waals surface area contributed by atoms with Crippen LogP contribution in [-0.2, 0) is 21.9 Å². The fraction of sp³-hybridized carbons (Fsp3) is 0.333. The summed E-state index contributed by atoms with van der Waals surface area (Å²) in [6.07, 6.45) is 3.06. The summed E-state index contributed by atoms with van der Waals surface area (Å²) in [6.45, 7) is 3.78. The predicted octanol–water partition coefficient (Wildman–Crippen LogP) is 1.95. The van der Waals surface area contributed by atoms with Gasteiger partial charge in [0.15, 0.2) is 0 Å². The lowest BCUT2D eigenvalue weighted by molar-refractivity contribution is -0.111. The minimum absolute atomic E-state index is 0.0616. The number of carbonyl (C=O) groups is 1. The number of aryl methyl sites for hydroxylation is 2. The Morgan fingerprint density at radius 2 is 1.96 bits per heavy atom. The zero-order valence-corrected chi connectivity index (χ0v) is 17.1. The highest BCUT2D eigenvalue weighted by molar-refractivity contribution is 7.89. The summed E-state index contributed by atoms with van der Waals surface area (Å²) in [6, 6.07) is 4.31. The van der Waals surface area contributed by atoms with Gasteiger partial charge in [-0.05, 0) is 38.1 Å². The first-order valence-electron chi connectivity index (χ1n) is 8.17. The molecule has 0 aliphatic heterocycles. The third kappa shape index (κ3) is 4.37. The first kappa shape index (κ1) is 20.7. The number of hydrogen-bond donors (Lipinski definition) is 1. The van der Waals surface area contributed by atoms with E-state index in [9.17, 15) is 13.2 Å². The van der Waals surface area contributed by atoms with Gasteiger partial charge in [-0.3, -0.25) is 9.48 Å². The van der Waals surface area contributed by atoms with E-state index in [1.807, 2.05) is 20.9 Å². The molecule has 27 heavy (non-hydrogen) atoms. The maximum atomic E-state index is 12.3. The predicted molar refractivity (Wildman–Crippen MR) is 104 cm³/mol. The molecular formula is C18H24N4O4S. The van der Waals surface area contributed by atoms with E-state index in [4.69, 9.17) is 4.74 Å². The standard InChI is InChI=1S/C18H24N4O4S/c1-12-15(13(2)22(5)20-12)8-10-18(23)19-16-11-14(7-9-17(16)26-6)27(24,25)21(3)4/h7-11H,1-6H3,(H,19,23). The van der Waals surface area contributed by atoms with Gasteiger partial charge in [-0.2, -0.15) is 5.10 Å². The van der Waals surface area contributed by atoms with Gasteiger partial charge < -0.3 is 10.1 Å². The number of benzene rings is 1. The lowest BCUT2D eigenvalue weighted by Gasteiger charge is -2.14. The van der Waals surface area contributed by atoms with E-state index in [1.54, 1.807) is 10.8 Å². The maximum absolute atomic E-state index is 12.3. The van der Waals surface area contributed by atoms with Gasteiger partial charge in [0.05, 0.1) is 23.4 Å². The molecule has 0 spiro atoms. The number of aromatic nitrogens is 2. The number of sulfonamides is 1. The van der Waals surface area contributed by atoms with Crippen LogP contribution in [0.3, 0.4) is 0 Å². The zero-order chi connectivity index (χ0) is 20.4. The lowest BCUT2D eigenvalue weighted by Crippen LogP contribution is -2.22. The molecule has 0 aliphatic carbocycles. The van der Waals surface area contributed by atoms with Crippen LogP contribution < -0.4 is 10.1 Å². The van der Waals surface area contributed by atoms with Crippen molar-refractivity contribution in [1.82, 2.24) is 14.1 Å². The van der Waals surface area contributed by atoms with Gasteiger partial charge in [-0.15, -0.1) is 0 Å². The normalized spacial score (nSPS) is 12.0. The second-order valence-electron chi connectivity index (χ2n) is 6.18. The van der Waals surface area contributed by atoms with Crippen molar-refractivity contribution >= 4 is 27.7 Å². The van der Waals surface area contributed by atoms with Crippen LogP contribution in [0.1, 0.15) is 17.0 Å². The number of methoxy groups -OCH3 is 1. The van der Waals surface area contributed by atoms with Crippen LogP contribution in [0, 0.1) is 13.8 Å². The number of hydrogen-bond acceptors (Lipinski definition) is 5. The molecular weight excluding hydrogens is 368 g/mol. The number of nitrogens with zero attached hydrogens (tertiary/aromatic N) is 3. The van der Waals surface area contributed by atoms with Gasteiger partial charge >= 0.3 is 0 Å². The van der Waals surface area contributed by atoms with E-state index in [1.165, 1.54) is 45.5 Å². The number of anilines is 1. The van der Waals surface area contributed by atoms with Crippen LogP contribution in [0.15, 0.2) is 29.2 Å². The van der Waals surface area contributed by atoms with E-state index in [0.717, 1.165) is 21.3 Å². The molecule has 0 radical (unpaired) electrons. The quantitative estimate of drug-likeness (QED) is 0.759. The van der Waals surface area contributed by atoms with Gasteiger partial charge in [0.1, 0.15) is 5.75 Å². The highest BCUT2D eigenvalue weighted by Crippen LogP contribution is 2.28. The van der Waals surface area contributed by atoms with Crippen LogP contribution in [0.5, 0.6) is 5.75 Å². The Morgan fingerprint density at radius 1 is 1.30 bits per heavy atom. The molecule has 1 heterocycles. The molecule has 2 aromatic rings. The molecule has 0 aliphatic rings. The number of rotatable bonds is 6. The smallest absolute Gasteiger partial charge is 0.248 e. The average molecular weight is 392 g/mol. The summed E-state index contributed by atoms with van der Waals surface area (Å²) in [5, 5.41) is 6.97. The van der Waals surface area contributed by atoms with Crippen molar-refractivity contribution in [2.45, 2.75) is 18.7 Å². The van der Waals surface area contributed by atoms with E-state index >= 15 is 0 Å². The Kier molecular flexibility index (Phi) is 6.07. The zero-order valence-electron chi connectivity index (χ0n) is 16.3. The van der Waals surface area contributed by atoms with Crippen LogP contribution in [0.25, 0.3) is 6.08 Å². The molecule has 1 aromatic carbocycles. The SMILES string of the molecule is COc1ccc(S(=O)(=O)N(C)C)cc1NC(=O)C=Cc1c(C)nn(C)c1C. The molecule has 0 saturated heterocycles. The molecule has 2 rings (SSSR count). The number of nitrogens with one attached hydrogen (secondary N) is 1. The molecule has 146 valence electrons. The molecule has 1 N–H and O–H groups in total. The minimum atomic E-state index is -3.63. The van der Waals surface area contributed by atoms with E-state index in [2.05, 4.69) is 10.4 Å². The number of carbonyl (C=O) groups excluding carboxylic acids is 1. The topological polar surface area (TPSA) is 93.5 Å². The summed E-state index contributed by atoms with van der Waals surface area (Å²) in [5.41, 5.74) is 2.89. The molecule has 8 nitrogen and oxygen atoms in total. The first-order chi connectivity index (χ1) is 12.6. The summed E-state index contributed by atoms with van der Waals surface area (Å²) in [4.78, 5) is 12.4. The van der Waals surface area contributed by atoms with Gasteiger partial charge in [0.2, 0.25) is 15.9 Å². The van der Waals surface area contributed by atoms with Crippen molar-refractivity contribution in [2.24, 2.45) is 7.05 Å². The van der Waals surface area contributed by atoms with Crippen molar-refractivity contribution in [1.29, 1.82) is 0 Å². The highest BCUT2D eigenvalue weighted by atomic mass is 32.2. The largest absolute Gasteiger partial charge is 0.495 e. The Bertz CT molecular complexity index is 991. The second-order valence-corrected chi connectivity index (χ2v) is 8.33. The highest BCUT2D eigenvalue weighted by Gasteiger charge is 2.19. The monoisotopic (exact) mass is 392 g/mol. The Balaban J connectivity index is 2.30. The molecule has 0 atom stereocenters. The summed E-state index contributed by atoms with van der Waals surface area (Å²) >= 11 is 0. The number of amides is 1.